The van der Waals surface area contributed by atoms with E-state index in [-0.39, 0.29) is 54.9 Å². The zero-order chi connectivity index (χ0) is 0. The third-order valence-corrected chi connectivity index (χ3v) is 0. The van der Waals surface area contributed by atoms with Gasteiger partial charge in [0.25, 0.3) is 0 Å². The first-order valence-electron chi connectivity index (χ1n) is 0. The van der Waals surface area contributed by atoms with Gasteiger partial charge in [-0.1, -0.05) is 0 Å². The molecule has 0 unspecified atom stereocenters. The van der Waals surface area contributed by atoms with E-state index in [1.807, 2.05) is 0 Å². The maximum absolute atomic E-state index is 0. The first-order valence-corrected chi connectivity index (χ1v) is 0. The normalized spacial score (nSPS) is 0. The Morgan fingerprint density at radius 2 is 1.00 bits per heavy atom. The van der Waals surface area contributed by atoms with E-state index in [4.69, 9.17) is 0 Å². The van der Waals surface area contributed by atoms with E-state index in [2.05, 4.69) is 0 Å². The third kappa shape index (κ3) is 9.91. The molecule has 0 atom stereocenters. The molecule has 0 amide bonds. The Bertz CT molecular complexity index is 8.00. The van der Waals surface area contributed by atoms with Crippen molar-refractivity contribution in [1.29, 1.82) is 0 Å². The molecule has 0 bridgehead atoms. The monoisotopic (exact) mass is 112 g/mol. The van der Waals surface area contributed by atoms with Crippen molar-refractivity contribution in [2.45, 2.75) is 0 Å². The van der Waals surface area contributed by atoms with Gasteiger partial charge in [0.15, 0.2) is 0 Å². The van der Waals surface area contributed by atoms with Gasteiger partial charge < -0.3 is 0 Å². The van der Waals surface area contributed by atoms with Crippen LogP contribution in [0.25, 0.3) is 0 Å². The number of hydrogen-bond acceptors (Lipinski definition) is 0. The molecule has 0 aliphatic heterocycles. The van der Waals surface area contributed by atoms with Crippen LogP contribution in [0.15, 0.2) is 0 Å². The van der Waals surface area contributed by atoms with Gasteiger partial charge in [-0.05, 0) is 0 Å². The van der Waals surface area contributed by atoms with Crippen molar-refractivity contribution >= 4 is 32.4 Å². The summed E-state index contributed by atoms with van der Waals surface area (Å²) in [5.41, 5.74) is 0. The van der Waals surface area contributed by atoms with Crippen LogP contribution in [-0.2, 0) is 22.5 Å². The molecule has 0 aliphatic rings. The molecule has 0 aromatic rings. The summed E-state index contributed by atoms with van der Waals surface area (Å²) in [7, 11) is 0. The van der Waals surface area contributed by atoms with Gasteiger partial charge in [-0.25, -0.2) is 0 Å². The third-order valence-electron chi connectivity index (χ3n) is 0. The van der Waals surface area contributed by atoms with Crippen LogP contribution in [-0.4, -0.2) is 18.9 Å². The molecule has 4 heteroatoms. The smallest absolute Gasteiger partial charge is 0 e. The molecule has 0 saturated heterocycles. The SMILES string of the molecule is [Fe].[LiH].[O].[S]. The van der Waals surface area contributed by atoms with Crippen LogP contribution in [0.3, 0.4) is 0 Å². The fraction of sp³-hybridized carbons (Fsp3) is 0. The second-order valence-electron chi connectivity index (χ2n) is 0. The molecule has 4 heavy (non-hydrogen) atoms. The van der Waals surface area contributed by atoms with Gasteiger partial charge in [0.1, 0.15) is 0 Å². The summed E-state index contributed by atoms with van der Waals surface area (Å²) >= 11 is 0. The van der Waals surface area contributed by atoms with Gasteiger partial charge in [0, 0.05) is 36.0 Å². The predicted octanol–water partition coefficient (Wildman–Crippen LogP) is -0.122. The van der Waals surface area contributed by atoms with E-state index >= 15 is 0 Å². The summed E-state index contributed by atoms with van der Waals surface area (Å²) in [6.45, 7) is 0. The molecule has 1 nitrogen and oxygen atoms in total. The molecule has 0 spiro atoms. The van der Waals surface area contributed by atoms with Crippen LogP contribution in [0.4, 0.5) is 0 Å². The standard InChI is InChI=1S/Fe.Li.O.S.H. The minimum Gasteiger partial charge on any atom is 0 e. The predicted molar refractivity (Wildman–Crippen MR) is 15.4 cm³/mol. The molecule has 0 heterocycles. The maximum Gasteiger partial charge on any atom is 0 e. The average Bonchev–Trinajstić information content (AvgIpc) is 0. The van der Waals surface area contributed by atoms with E-state index in [9.17, 15) is 0 Å². The van der Waals surface area contributed by atoms with E-state index < -0.39 is 0 Å². The van der Waals surface area contributed by atoms with Gasteiger partial charge in [-0.15, -0.1) is 0 Å². The van der Waals surface area contributed by atoms with Crippen molar-refractivity contribution in [3.63, 3.8) is 0 Å². The van der Waals surface area contributed by atoms with E-state index in [0.29, 0.717) is 0 Å². The van der Waals surface area contributed by atoms with E-state index in [0.717, 1.165) is 0 Å². The van der Waals surface area contributed by atoms with Crippen molar-refractivity contribution in [3.8, 4) is 0 Å². The Balaban J connectivity index is 0. The van der Waals surface area contributed by atoms with Crippen molar-refractivity contribution in [2.24, 2.45) is 0 Å². The molecular weight excluding hydrogens is 111 g/mol. The molecule has 0 aromatic heterocycles. The largest absolute Gasteiger partial charge is 0 e. The molecule has 0 aromatic carbocycles. The summed E-state index contributed by atoms with van der Waals surface area (Å²) < 4.78 is 0. The second kappa shape index (κ2) is 25.5. The second-order valence-corrected chi connectivity index (χ2v) is 0. The molecule has 0 saturated carbocycles. The quantitative estimate of drug-likeness (QED) is 0.390. The van der Waals surface area contributed by atoms with Crippen molar-refractivity contribution in [1.82, 2.24) is 0 Å². The fourth-order valence-corrected chi connectivity index (χ4v) is 0. The summed E-state index contributed by atoms with van der Waals surface area (Å²) in [6, 6.07) is 0. The van der Waals surface area contributed by atoms with Crippen LogP contribution >= 0.6 is 13.5 Å². The Labute approximate surface area is 54.9 Å². The van der Waals surface area contributed by atoms with E-state index in [1.54, 1.807) is 0 Å². The topological polar surface area (TPSA) is 28.5 Å². The number of hydrogen-bond donors (Lipinski definition) is 0. The summed E-state index contributed by atoms with van der Waals surface area (Å²) in [4.78, 5) is 0. The Kier molecular flexibility index (Phi) is 333. The molecule has 0 rings (SSSR count). The average molecular weight is 112 g/mol. The fourth-order valence-electron chi connectivity index (χ4n) is 0. The first kappa shape index (κ1) is 52.2. The first-order chi connectivity index (χ1) is 0. The zero-order valence-electron chi connectivity index (χ0n) is 1.17. The minimum atomic E-state index is 0. The Hall–Kier alpha value is 1.43. The van der Waals surface area contributed by atoms with E-state index in [1.165, 1.54) is 0 Å². The molecule has 0 N–H and O–H groups in total. The van der Waals surface area contributed by atoms with Crippen molar-refractivity contribution < 1.29 is 22.5 Å². The maximum atomic E-state index is 0. The molecule has 0 aliphatic carbocycles. The van der Waals surface area contributed by atoms with Gasteiger partial charge in [-0.2, -0.15) is 0 Å². The van der Waals surface area contributed by atoms with Crippen molar-refractivity contribution in [2.75, 3.05) is 0 Å². The summed E-state index contributed by atoms with van der Waals surface area (Å²) in [6.07, 6.45) is 0. The molecule has 0 fully saturated rings. The summed E-state index contributed by atoms with van der Waals surface area (Å²) in [5, 5.41) is 0. The van der Waals surface area contributed by atoms with Crippen LogP contribution in [0.1, 0.15) is 0 Å². The van der Waals surface area contributed by atoms with Crippen LogP contribution in [0.2, 0.25) is 0 Å². The van der Waals surface area contributed by atoms with Gasteiger partial charge in [0.2, 0.25) is 0 Å². The van der Waals surface area contributed by atoms with Crippen LogP contribution < -0.4 is 0 Å². The van der Waals surface area contributed by atoms with Crippen molar-refractivity contribution in [3.05, 3.63) is 0 Å². The summed E-state index contributed by atoms with van der Waals surface area (Å²) in [5.74, 6) is 0. The van der Waals surface area contributed by atoms with Gasteiger partial charge >= 0.3 is 18.9 Å². The van der Waals surface area contributed by atoms with Crippen LogP contribution in [0.5, 0.6) is 0 Å². The molecular formula is HFeLiOS. The van der Waals surface area contributed by atoms with Gasteiger partial charge in [-0.3, -0.25) is 0 Å². The minimum absolute atomic E-state index is 0. The Morgan fingerprint density at radius 3 is 1.00 bits per heavy atom. The van der Waals surface area contributed by atoms with Crippen LogP contribution in [0, 0.1) is 0 Å². The zero-order valence-corrected chi connectivity index (χ0v) is 3.09. The number of rotatable bonds is 0. The Morgan fingerprint density at radius 1 is 1.00 bits per heavy atom. The molecule has 22 valence electrons. The van der Waals surface area contributed by atoms with Gasteiger partial charge in [0.05, 0.1) is 0 Å². The molecule has 4 radical (unpaired) electrons.